The van der Waals surface area contributed by atoms with Crippen molar-refractivity contribution < 1.29 is 64.1 Å². The predicted molar refractivity (Wildman–Crippen MR) is 127 cm³/mol. The summed E-state index contributed by atoms with van der Waals surface area (Å²) in [6.07, 6.45) is -14.3. The highest BCUT2D eigenvalue weighted by Gasteiger charge is 2.48. The first kappa shape index (κ1) is 31.6. The van der Waals surface area contributed by atoms with Gasteiger partial charge in [-0.1, -0.05) is 0 Å². The Morgan fingerprint density at radius 2 is 1.62 bits per heavy atom. The summed E-state index contributed by atoms with van der Waals surface area (Å²) in [7, 11) is 0. The maximum Gasteiger partial charge on any atom is 0.326 e. The molecule has 0 saturated carbocycles. The Bertz CT molecular complexity index is 967. The maximum atomic E-state index is 12.9. The maximum absolute atomic E-state index is 12.9. The highest BCUT2D eigenvalue weighted by Crippen LogP contribution is 2.26. The second kappa shape index (κ2) is 13.6. The van der Waals surface area contributed by atoms with E-state index in [1.165, 1.54) is 0 Å². The summed E-state index contributed by atoms with van der Waals surface area (Å²) in [5, 5.41) is 66.8. The van der Waals surface area contributed by atoms with E-state index in [1.54, 1.807) is 0 Å². The monoisotopic (exact) mass is 577 g/mol. The van der Waals surface area contributed by atoms with Gasteiger partial charge in [0, 0.05) is 25.9 Å². The number of carbonyl (C=O) groups excluding carboxylic acids is 5. The first-order valence-electron chi connectivity index (χ1n) is 12.6. The van der Waals surface area contributed by atoms with Crippen LogP contribution in [0.5, 0.6) is 0 Å². The Kier molecular flexibility index (Phi) is 10.7. The number of ether oxygens (including phenoxy) is 2. The largest absolute Gasteiger partial charge is 0.394 e. The molecule has 226 valence electrons. The third-order valence-electron chi connectivity index (χ3n) is 6.92. The normalized spacial score (nSPS) is 35.1. The van der Waals surface area contributed by atoms with Crippen LogP contribution in [0.4, 0.5) is 4.79 Å². The fraction of sp³-hybridized carbons (Fsp3) is 0.773. The lowest BCUT2D eigenvalue weighted by Crippen LogP contribution is -2.59. The summed E-state index contributed by atoms with van der Waals surface area (Å²) in [5.41, 5.74) is 5.16. The lowest BCUT2D eigenvalue weighted by molar-refractivity contribution is -0.229. The number of rotatable bonds is 11. The number of nitrogens with two attached hydrogens (primary N) is 1. The van der Waals surface area contributed by atoms with Gasteiger partial charge in [0.15, 0.2) is 6.23 Å². The molecule has 0 aromatic rings. The van der Waals surface area contributed by atoms with Crippen molar-refractivity contribution in [3.8, 4) is 0 Å². The number of primary amides is 1. The molecule has 0 aliphatic carbocycles. The summed E-state index contributed by atoms with van der Waals surface area (Å²) in [4.78, 5) is 61.3. The molecule has 0 aromatic carbocycles. The molecule has 18 nitrogen and oxygen atoms in total. The number of amides is 6. The van der Waals surface area contributed by atoms with E-state index in [4.69, 9.17) is 15.2 Å². The lowest BCUT2D eigenvalue weighted by Gasteiger charge is -2.39. The standard InChI is InChI=1S/C22H35N5O13/c23-12(29)2-1-8(25-14(31)5-9-15(32)18(35)17(34)11(7-28)39-9)20(37)24-6-10-16(33)19(36)21(40-10)27-4-3-13(30)26-22(27)38/h8-11,15-19,21,28,32-36H,1-7H2,(H2,23,29)(H,24,37)(H,25,31)(H,26,30,38)/t8-,9+,10+,11+,15-,16+,17-,18+,19+,21+/m0/s1. The average molecular weight is 578 g/mol. The van der Waals surface area contributed by atoms with Crippen molar-refractivity contribution in [3.63, 3.8) is 0 Å². The summed E-state index contributed by atoms with van der Waals surface area (Å²) < 4.78 is 10.8. The van der Waals surface area contributed by atoms with Crippen molar-refractivity contribution in [3.05, 3.63) is 0 Å². The summed E-state index contributed by atoms with van der Waals surface area (Å²) in [5.74, 6) is -2.93. The minimum atomic E-state index is -1.70. The Hall–Kier alpha value is -2.97. The van der Waals surface area contributed by atoms with Gasteiger partial charge in [0.25, 0.3) is 0 Å². The zero-order valence-corrected chi connectivity index (χ0v) is 21.3. The number of carbonyl (C=O) groups is 5. The molecular weight excluding hydrogens is 542 g/mol. The molecule has 0 unspecified atom stereocenters. The van der Waals surface area contributed by atoms with Gasteiger partial charge in [0.05, 0.1) is 19.1 Å². The van der Waals surface area contributed by atoms with Crippen LogP contribution in [0.3, 0.4) is 0 Å². The van der Waals surface area contributed by atoms with Crippen molar-refractivity contribution in [2.75, 3.05) is 19.7 Å². The van der Waals surface area contributed by atoms with Gasteiger partial charge in [-0.3, -0.25) is 29.4 Å². The van der Waals surface area contributed by atoms with Crippen LogP contribution >= 0.6 is 0 Å². The molecule has 3 rings (SSSR count). The van der Waals surface area contributed by atoms with Gasteiger partial charge in [-0.25, -0.2) is 4.79 Å². The highest BCUT2D eigenvalue weighted by atomic mass is 16.6. The fourth-order valence-electron chi connectivity index (χ4n) is 4.64. The molecular formula is C22H35N5O13. The van der Waals surface area contributed by atoms with Crippen molar-refractivity contribution in [2.45, 2.75) is 86.8 Å². The molecule has 18 heteroatoms. The van der Waals surface area contributed by atoms with Gasteiger partial charge >= 0.3 is 6.03 Å². The SMILES string of the molecule is NC(=O)CC[C@H](NC(=O)C[C@H]1O[C@H](CO)[C@H](O)[C@H](O)[C@H]1O)C(=O)NC[C@H]1O[C@@H](N2CCC(=O)NC2=O)[C@H](O)[C@@H]1O. The van der Waals surface area contributed by atoms with Gasteiger partial charge in [-0.05, 0) is 6.42 Å². The van der Waals surface area contributed by atoms with Crippen LogP contribution in [-0.4, -0.2) is 146 Å². The van der Waals surface area contributed by atoms with Gasteiger partial charge in [0.1, 0.15) is 48.8 Å². The molecule has 0 aromatic heterocycles. The van der Waals surface area contributed by atoms with Crippen LogP contribution in [0.1, 0.15) is 25.7 Å². The molecule has 3 aliphatic rings. The lowest BCUT2D eigenvalue weighted by atomic mass is 9.93. The van der Waals surface area contributed by atoms with Crippen molar-refractivity contribution in [1.29, 1.82) is 0 Å². The van der Waals surface area contributed by atoms with Crippen molar-refractivity contribution in [1.82, 2.24) is 20.9 Å². The zero-order chi connectivity index (χ0) is 29.7. The minimum Gasteiger partial charge on any atom is -0.394 e. The molecule has 0 radical (unpaired) electrons. The third kappa shape index (κ3) is 7.40. The smallest absolute Gasteiger partial charge is 0.326 e. The van der Waals surface area contributed by atoms with Gasteiger partial charge in [0.2, 0.25) is 23.6 Å². The number of aliphatic hydroxyl groups excluding tert-OH is 6. The number of aliphatic hydroxyl groups is 6. The van der Waals surface area contributed by atoms with E-state index < -0.39 is 104 Å². The molecule has 10 atom stereocenters. The summed E-state index contributed by atoms with van der Waals surface area (Å²) in [6, 6.07) is -2.14. The predicted octanol–water partition coefficient (Wildman–Crippen LogP) is -6.53. The number of nitrogens with zero attached hydrogens (tertiary/aromatic N) is 1. The fourth-order valence-corrected chi connectivity index (χ4v) is 4.64. The van der Waals surface area contributed by atoms with E-state index in [9.17, 15) is 54.6 Å². The number of hydrogen-bond donors (Lipinski definition) is 10. The van der Waals surface area contributed by atoms with Crippen LogP contribution in [0, 0.1) is 0 Å². The molecule has 11 N–H and O–H groups in total. The second-order valence-electron chi connectivity index (χ2n) is 9.78. The number of nitrogens with one attached hydrogen (secondary N) is 3. The molecule has 40 heavy (non-hydrogen) atoms. The molecule has 6 amide bonds. The molecule has 0 spiro atoms. The van der Waals surface area contributed by atoms with Gasteiger partial charge in [-0.15, -0.1) is 0 Å². The van der Waals surface area contributed by atoms with Crippen molar-refractivity contribution >= 4 is 29.7 Å². The Morgan fingerprint density at radius 3 is 2.25 bits per heavy atom. The number of imide groups is 1. The first-order chi connectivity index (χ1) is 18.8. The van der Waals surface area contributed by atoms with Crippen molar-refractivity contribution in [2.24, 2.45) is 5.73 Å². The molecule has 3 fully saturated rings. The number of hydrogen-bond acceptors (Lipinski definition) is 13. The highest BCUT2D eigenvalue weighted by molar-refractivity contribution is 5.96. The first-order valence-corrected chi connectivity index (χ1v) is 12.6. The van der Waals surface area contributed by atoms with E-state index in [1.807, 2.05) is 0 Å². The van der Waals surface area contributed by atoms with E-state index in [0.29, 0.717) is 0 Å². The summed E-state index contributed by atoms with van der Waals surface area (Å²) >= 11 is 0. The number of urea groups is 1. The zero-order valence-electron chi connectivity index (χ0n) is 21.3. The molecule has 0 bridgehead atoms. The quantitative estimate of drug-likeness (QED) is 0.109. The molecule has 3 saturated heterocycles. The van der Waals surface area contributed by atoms with Crippen LogP contribution in [-0.2, 0) is 28.7 Å². The van der Waals surface area contributed by atoms with Crippen LogP contribution < -0.4 is 21.7 Å². The van der Waals surface area contributed by atoms with E-state index in [0.717, 1.165) is 4.90 Å². The van der Waals surface area contributed by atoms with Crippen LogP contribution in [0.15, 0.2) is 0 Å². The van der Waals surface area contributed by atoms with Crippen LogP contribution in [0.2, 0.25) is 0 Å². The van der Waals surface area contributed by atoms with E-state index >= 15 is 0 Å². The topological polar surface area (TPSA) is 291 Å². The minimum absolute atomic E-state index is 0.0415. The van der Waals surface area contributed by atoms with Gasteiger partial charge < -0.3 is 56.5 Å². The van der Waals surface area contributed by atoms with E-state index in [-0.39, 0.29) is 32.4 Å². The third-order valence-corrected chi connectivity index (χ3v) is 6.92. The second-order valence-corrected chi connectivity index (χ2v) is 9.78. The Labute approximate surface area is 227 Å². The van der Waals surface area contributed by atoms with Gasteiger partial charge in [-0.2, -0.15) is 0 Å². The van der Waals surface area contributed by atoms with Crippen LogP contribution in [0.25, 0.3) is 0 Å². The molecule has 3 heterocycles. The molecule has 3 aliphatic heterocycles. The Balaban J connectivity index is 1.58. The average Bonchev–Trinajstić information content (AvgIpc) is 3.18. The van der Waals surface area contributed by atoms with E-state index in [2.05, 4.69) is 16.0 Å². The summed E-state index contributed by atoms with van der Waals surface area (Å²) in [6.45, 7) is -1.14. The Morgan fingerprint density at radius 1 is 0.975 bits per heavy atom.